The molecule has 0 radical (unpaired) electrons. The summed E-state index contributed by atoms with van der Waals surface area (Å²) in [6.45, 7) is 4.91. The molecule has 24 heavy (non-hydrogen) atoms. The van der Waals surface area contributed by atoms with Crippen LogP contribution in [0.1, 0.15) is 23.2 Å². The molecule has 0 bridgehead atoms. The van der Waals surface area contributed by atoms with Crippen LogP contribution in [0.3, 0.4) is 0 Å². The molecule has 1 aliphatic rings. The first-order chi connectivity index (χ1) is 11.7. The van der Waals surface area contributed by atoms with Gasteiger partial charge in [-0.2, -0.15) is 0 Å². The van der Waals surface area contributed by atoms with Gasteiger partial charge >= 0.3 is 0 Å². The van der Waals surface area contributed by atoms with Gasteiger partial charge in [0.2, 0.25) is 0 Å². The summed E-state index contributed by atoms with van der Waals surface area (Å²) in [6, 6.07) is 10.5. The van der Waals surface area contributed by atoms with Crippen molar-refractivity contribution < 1.29 is 4.74 Å². The van der Waals surface area contributed by atoms with Crippen molar-refractivity contribution in [3.63, 3.8) is 0 Å². The van der Waals surface area contributed by atoms with Crippen molar-refractivity contribution >= 4 is 17.3 Å². The second-order valence-corrected chi connectivity index (χ2v) is 6.96. The number of nitrogens with two attached hydrogens (primary N) is 1. The first-order valence-electron chi connectivity index (χ1n) is 8.34. The number of guanidine groups is 1. The summed E-state index contributed by atoms with van der Waals surface area (Å²) in [5.41, 5.74) is 8.43. The molecule has 0 aliphatic carbocycles. The summed E-state index contributed by atoms with van der Waals surface area (Å²) >= 11 is 1.70. The summed E-state index contributed by atoms with van der Waals surface area (Å²) < 4.78 is 5.52. The summed E-state index contributed by atoms with van der Waals surface area (Å²) in [5.74, 6) is 0.587. The lowest BCUT2D eigenvalue weighted by molar-refractivity contribution is 0.00528. The van der Waals surface area contributed by atoms with E-state index in [0.29, 0.717) is 19.1 Å². The Morgan fingerprint density at radius 2 is 2.21 bits per heavy atom. The fourth-order valence-corrected chi connectivity index (χ4v) is 3.51. The molecule has 2 N–H and O–H groups in total. The fraction of sp³-hybridized carbons (Fsp3) is 0.444. The van der Waals surface area contributed by atoms with Crippen molar-refractivity contribution in [1.82, 2.24) is 9.88 Å². The maximum absolute atomic E-state index is 6.10. The summed E-state index contributed by atoms with van der Waals surface area (Å²) in [5, 5.41) is 3.24. The number of aromatic nitrogens is 1. The molecular formula is C18H24N4OS. The van der Waals surface area contributed by atoms with Crippen molar-refractivity contribution in [2.45, 2.75) is 32.4 Å². The fourth-order valence-electron chi connectivity index (χ4n) is 2.72. The molecule has 0 amide bonds. The zero-order chi connectivity index (χ0) is 16.8. The van der Waals surface area contributed by atoms with Gasteiger partial charge < -0.3 is 15.4 Å². The molecular weight excluding hydrogens is 320 g/mol. The third kappa shape index (κ3) is 4.79. The van der Waals surface area contributed by atoms with Crippen LogP contribution < -0.4 is 5.73 Å². The van der Waals surface area contributed by atoms with Crippen LogP contribution in [0.25, 0.3) is 0 Å². The third-order valence-corrected chi connectivity index (χ3v) is 5.00. The molecule has 1 unspecified atom stereocenters. The number of aryl methyl sites for hydroxylation is 2. The summed E-state index contributed by atoms with van der Waals surface area (Å²) in [6.07, 6.45) is 2.19. The van der Waals surface area contributed by atoms with Crippen molar-refractivity contribution in [3.05, 3.63) is 52.0 Å². The van der Waals surface area contributed by atoms with Crippen LogP contribution in [0, 0.1) is 0 Å². The summed E-state index contributed by atoms with van der Waals surface area (Å²) in [4.78, 5) is 11.2. The second kappa shape index (κ2) is 8.26. The molecule has 0 saturated carbocycles. The first kappa shape index (κ1) is 16.9. The maximum atomic E-state index is 6.10. The standard InChI is InChI=1S/C18H24N4OS/c1-14-12-22(9-10-23-14)18(19)20-11-16-13-24-17(21-16)8-7-15-5-3-2-4-6-15/h2-6,13-14H,7-12H2,1H3,(H2,19,20). The van der Waals surface area contributed by atoms with Crippen LogP contribution >= 0.6 is 11.3 Å². The van der Waals surface area contributed by atoms with E-state index in [9.17, 15) is 0 Å². The minimum atomic E-state index is 0.205. The van der Waals surface area contributed by atoms with Crippen LogP contribution in [0.5, 0.6) is 0 Å². The average Bonchev–Trinajstić information content (AvgIpc) is 3.07. The quantitative estimate of drug-likeness (QED) is 0.668. The van der Waals surface area contributed by atoms with Crippen LogP contribution in [-0.2, 0) is 24.1 Å². The molecule has 3 rings (SSSR count). The van der Waals surface area contributed by atoms with Gasteiger partial charge in [0.15, 0.2) is 5.96 Å². The molecule has 2 heterocycles. The van der Waals surface area contributed by atoms with Crippen LogP contribution in [0.2, 0.25) is 0 Å². The lowest BCUT2D eigenvalue weighted by Gasteiger charge is -2.31. The number of morpholine rings is 1. The number of thiazole rings is 1. The highest BCUT2D eigenvalue weighted by molar-refractivity contribution is 7.09. The normalized spacial score (nSPS) is 18.8. The minimum absolute atomic E-state index is 0.205. The van der Waals surface area contributed by atoms with Crippen molar-refractivity contribution in [1.29, 1.82) is 0 Å². The molecule has 1 aliphatic heterocycles. The molecule has 2 aromatic rings. The third-order valence-electron chi connectivity index (χ3n) is 4.04. The molecule has 1 saturated heterocycles. The predicted molar refractivity (Wildman–Crippen MR) is 98.3 cm³/mol. The predicted octanol–water partition coefficient (Wildman–Crippen LogP) is 2.46. The number of hydrogen-bond donors (Lipinski definition) is 1. The molecule has 1 fully saturated rings. The smallest absolute Gasteiger partial charge is 0.191 e. The Balaban J connectivity index is 1.51. The zero-order valence-electron chi connectivity index (χ0n) is 14.0. The molecule has 1 aromatic heterocycles. The minimum Gasteiger partial charge on any atom is -0.375 e. The van der Waals surface area contributed by atoms with Crippen molar-refractivity contribution in [2.75, 3.05) is 19.7 Å². The van der Waals surface area contributed by atoms with Gasteiger partial charge in [0.05, 0.1) is 30.0 Å². The van der Waals surface area contributed by atoms with E-state index in [4.69, 9.17) is 10.5 Å². The van der Waals surface area contributed by atoms with Gasteiger partial charge in [-0.3, -0.25) is 0 Å². The van der Waals surface area contributed by atoms with Gasteiger partial charge in [-0.1, -0.05) is 30.3 Å². The number of rotatable bonds is 5. The largest absolute Gasteiger partial charge is 0.375 e. The zero-order valence-corrected chi connectivity index (χ0v) is 14.8. The van der Waals surface area contributed by atoms with E-state index in [-0.39, 0.29) is 6.10 Å². The topological polar surface area (TPSA) is 63.7 Å². The van der Waals surface area contributed by atoms with E-state index in [1.165, 1.54) is 5.56 Å². The van der Waals surface area contributed by atoms with E-state index in [2.05, 4.69) is 51.4 Å². The number of hydrogen-bond acceptors (Lipinski definition) is 4. The Bertz CT molecular complexity index is 671. The molecule has 128 valence electrons. The Morgan fingerprint density at radius 3 is 3.00 bits per heavy atom. The first-order valence-corrected chi connectivity index (χ1v) is 9.22. The van der Waals surface area contributed by atoms with Gasteiger partial charge in [-0.15, -0.1) is 11.3 Å². The molecule has 6 heteroatoms. The lowest BCUT2D eigenvalue weighted by Crippen LogP contribution is -2.47. The van der Waals surface area contributed by atoms with Crippen molar-refractivity contribution in [3.8, 4) is 0 Å². The number of benzene rings is 1. The molecule has 0 spiro atoms. The van der Waals surface area contributed by atoms with E-state index >= 15 is 0 Å². The second-order valence-electron chi connectivity index (χ2n) is 6.02. The van der Waals surface area contributed by atoms with Gasteiger partial charge in [0.1, 0.15) is 0 Å². The van der Waals surface area contributed by atoms with Gasteiger partial charge in [0, 0.05) is 24.9 Å². The van der Waals surface area contributed by atoms with Crippen LogP contribution in [0.4, 0.5) is 0 Å². The average molecular weight is 344 g/mol. The highest BCUT2D eigenvalue weighted by atomic mass is 32.1. The monoisotopic (exact) mass is 344 g/mol. The van der Waals surface area contributed by atoms with E-state index in [1.54, 1.807) is 11.3 Å². The maximum Gasteiger partial charge on any atom is 0.191 e. The highest BCUT2D eigenvalue weighted by Crippen LogP contribution is 2.14. The van der Waals surface area contributed by atoms with Crippen molar-refractivity contribution in [2.24, 2.45) is 10.7 Å². The van der Waals surface area contributed by atoms with Gasteiger partial charge in [-0.25, -0.2) is 9.98 Å². The van der Waals surface area contributed by atoms with E-state index < -0.39 is 0 Å². The lowest BCUT2D eigenvalue weighted by atomic mass is 10.1. The SMILES string of the molecule is CC1CN(C(N)=NCc2csc(CCc3ccccc3)n2)CCO1. The Labute approximate surface area is 147 Å². The number of aliphatic imine (C=N–C) groups is 1. The molecule has 1 aromatic carbocycles. The Hall–Kier alpha value is -1.92. The van der Waals surface area contributed by atoms with E-state index in [0.717, 1.165) is 36.6 Å². The van der Waals surface area contributed by atoms with E-state index in [1.807, 2.05) is 6.07 Å². The molecule has 1 atom stereocenters. The van der Waals surface area contributed by atoms with Crippen LogP contribution in [0.15, 0.2) is 40.7 Å². The highest BCUT2D eigenvalue weighted by Gasteiger charge is 2.17. The Morgan fingerprint density at radius 1 is 1.38 bits per heavy atom. The number of ether oxygens (including phenoxy) is 1. The van der Waals surface area contributed by atoms with Crippen LogP contribution in [-0.4, -0.2) is 41.6 Å². The molecule has 5 nitrogen and oxygen atoms in total. The van der Waals surface area contributed by atoms with Gasteiger partial charge in [-0.05, 0) is 18.9 Å². The number of nitrogens with zero attached hydrogens (tertiary/aromatic N) is 3. The summed E-state index contributed by atoms with van der Waals surface area (Å²) in [7, 11) is 0. The Kier molecular flexibility index (Phi) is 5.82. The van der Waals surface area contributed by atoms with Gasteiger partial charge in [0.25, 0.3) is 0 Å².